The van der Waals surface area contributed by atoms with Crippen molar-refractivity contribution in [1.82, 2.24) is 5.32 Å². The van der Waals surface area contributed by atoms with Crippen molar-refractivity contribution in [1.29, 1.82) is 0 Å². The number of nitrogens with two attached hydrogens (primary N) is 1. The van der Waals surface area contributed by atoms with E-state index in [9.17, 15) is 4.79 Å². The standard InChI is InChI=1S/C14H17ClN2O2/c1-3-7-17-14(18)9-19-13-6-4-5-12(15)11(13)8-10(2)16/h1,4-6,10H,7-9,16H2,2H3,(H,17,18). The summed E-state index contributed by atoms with van der Waals surface area (Å²) in [6.45, 7) is 1.96. The highest BCUT2D eigenvalue weighted by Gasteiger charge is 2.11. The smallest absolute Gasteiger partial charge is 0.258 e. The summed E-state index contributed by atoms with van der Waals surface area (Å²) in [5.41, 5.74) is 6.58. The summed E-state index contributed by atoms with van der Waals surface area (Å²) in [7, 11) is 0. The number of nitrogens with one attached hydrogen (secondary N) is 1. The fourth-order valence-corrected chi connectivity index (χ4v) is 1.78. The molecule has 0 saturated heterocycles. The zero-order valence-corrected chi connectivity index (χ0v) is 11.5. The van der Waals surface area contributed by atoms with E-state index in [1.807, 2.05) is 6.92 Å². The Morgan fingerprint density at radius 1 is 1.63 bits per heavy atom. The molecule has 0 aromatic heterocycles. The van der Waals surface area contributed by atoms with Crippen LogP contribution in [0, 0.1) is 12.3 Å². The molecule has 0 spiro atoms. The Morgan fingerprint density at radius 2 is 2.37 bits per heavy atom. The second kappa shape index (κ2) is 7.67. The van der Waals surface area contributed by atoms with Crippen molar-refractivity contribution in [3.63, 3.8) is 0 Å². The highest BCUT2D eigenvalue weighted by molar-refractivity contribution is 6.31. The van der Waals surface area contributed by atoms with Crippen LogP contribution in [-0.2, 0) is 11.2 Å². The van der Waals surface area contributed by atoms with Crippen LogP contribution in [0.15, 0.2) is 18.2 Å². The Bertz CT molecular complexity index is 481. The quantitative estimate of drug-likeness (QED) is 0.774. The summed E-state index contributed by atoms with van der Waals surface area (Å²) in [6.07, 6.45) is 5.63. The SMILES string of the molecule is C#CCNC(=O)COc1cccc(Cl)c1CC(C)N. The topological polar surface area (TPSA) is 64.3 Å². The lowest BCUT2D eigenvalue weighted by Gasteiger charge is -2.14. The van der Waals surface area contributed by atoms with Gasteiger partial charge in [-0.25, -0.2) is 0 Å². The first kappa shape index (κ1) is 15.4. The van der Waals surface area contributed by atoms with Crippen molar-refractivity contribution in [2.45, 2.75) is 19.4 Å². The second-order valence-electron chi connectivity index (χ2n) is 4.17. The molecule has 3 N–H and O–H groups in total. The van der Waals surface area contributed by atoms with Gasteiger partial charge in [-0.3, -0.25) is 4.79 Å². The van der Waals surface area contributed by atoms with Gasteiger partial charge in [0.15, 0.2) is 6.61 Å². The van der Waals surface area contributed by atoms with Crippen LogP contribution in [0.4, 0.5) is 0 Å². The van der Waals surface area contributed by atoms with Crippen molar-refractivity contribution in [3.05, 3.63) is 28.8 Å². The molecule has 0 fully saturated rings. The summed E-state index contributed by atoms with van der Waals surface area (Å²) in [6, 6.07) is 5.25. The molecule has 0 saturated carbocycles. The maximum Gasteiger partial charge on any atom is 0.258 e. The molecule has 1 atom stereocenters. The van der Waals surface area contributed by atoms with Crippen LogP contribution in [0.25, 0.3) is 0 Å². The van der Waals surface area contributed by atoms with Gasteiger partial charge in [-0.1, -0.05) is 23.6 Å². The Kier molecular flexibility index (Phi) is 6.20. The number of ether oxygens (including phenoxy) is 1. The van der Waals surface area contributed by atoms with E-state index < -0.39 is 0 Å². The average molecular weight is 281 g/mol. The number of amides is 1. The van der Waals surface area contributed by atoms with Gasteiger partial charge in [0.05, 0.1) is 6.54 Å². The summed E-state index contributed by atoms with van der Waals surface area (Å²) >= 11 is 6.11. The molecule has 19 heavy (non-hydrogen) atoms. The van der Waals surface area contributed by atoms with E-state index in [1.165, 1.54) is 0 Å². The molecule has 0 aliphatic carbocycles. The molecule has 1 rings (SSSR count). The van der Waals surface area contributed by atoms with Crippen molar-refractivity contribution in [3.8, 4) is 18.1 Å². The van der Waals surface area contributed by atoms with Crippen LogP contribution in [0.2, 0.25) is 5.02 Å². The molecule has 1 amide bonds. The van der Waals surface area contributed by atoms with E-state index in [-0.39, 0.29) is 25.1 Å². The third-order valence-electron chi connectivity index (χ3n) is 2.35. The Morgan fingerprint density at radius 3 is 3.00 bits per heavy atom. The third kappa shape index (κ3) is 5.21. The largest absolute Gasteiger partial charge is 0.483 e. The fourth-order valence-electron chi connectivity index (χ4n) is 1.54. The van der Waals surface area contributed by atoms with Crippen LogP contribution < -0.4 is 15.8 Å². The van der Waals surface area contributed by atoms with Crippen molar-refractivity contribution in [2.75, 3.05) is 13.2 Å². The van der Waals surface area contributed by atoms with Gasteiger partial charge in [0.1, 0.15) is 5.75 Å². The van der Waals surface area contributed by atoms with E-state index in [4.69, 9.17) is 28.5 Å². The monoisotopic (exact) mass is 280 g/mol. The normalized spacial score (nSPS) is 11.5. The van der Waals surface area contributed by atoms with Crippen LogP contribution in [-0.4, -0.2) is 25.1 Å². The molecule has 0 heterocycles. The fraction of sp³-hybridized carbons (Fsp3) is 0.357. The van der Waals surface area contributed by atoms with Gasteiger partial charge < -0.3 is 15.8 Å². The zero-order valence-electron chi connectivity index (χ0n) is 10.8. The number of terminal acetylenes is 1. The van der Waals surface area contributed by atoms with E-state index in [1.54, 1.807) is 18.2 Å². The number of benzene rings is 1. The lowest BCUT2D eigenvalue weighted by atomic mass is 10.1. The zero-order chi connectivity index (χ0) is 14.3. The predicted molar refractivity (Wildman–Crippen MR) is 76.1 cm³/mol. The molecule has 102 valence electrons. The first-order valence-corrected chi connectivity index (χ1v) is 6.28. The van der Waals surface area contributed by atoms with Crippen LogP contribution in [0.1, 0.15) is 12.5 Å². The summed E-state index contributed by atoms with van der Waals surface area (Å²) in [5.74, 6) is 2.61. The highest BCUT2D eigenvalue weighted by Crippen LogP contribution is 2.27. The Balaban J connectivity index is 2.70. The maximum atomic E-state index is 11.4. The van der Waals surface area contributed by atoms with E-state index in [0.717, 1.165) is 5.56 Å². The lowest BCUT2D eigenvalue weighted by molar-refractivity contribution is -0.122. The number of hydrogen-bond acceptors (Lipinski definition) is 3. The maximum absolute atomic E-state index is 11.4. The van der Waals surface area contributed by atoms with Gasteiger partial charge in [-0.15, -0.1) is 6.42 Å². The number of rotatable bonds is 6. The molecule has 0 bridgehead atoms. The minimum Gasteiger partial charge on any atom is -0.483 e. The average Bonchev–Trinajstić information content (AvgIpc) is 2.36. The molecule has 1 aromatic rings. The first-order valence-electron chi connectivity index (χ1n) is 5.90. The number of carbonyl (C=O) groups excluding carboxylic acids is 1. The van der Waals surface area contributed by atoms with Crippen LogP contribution in [0.5, 0.6) is 5.75 Å². The van der Waals surface area contributed by atoms with Gasteiger partial charge in [0.25, 0.3) is 5.91 Å². The molecule has 0 aliphatic heterocycles. The number of hydrogen-bond donors (Lipinski definition) is 2. The van der Waals surface area contributed by atoms with Gasteiger partial charge >= 0.3 is 0 Å². The number of carbonyl (C=O) groups is 1. The molecular formula is C14H17ClN2O2. The third-order valence-corrected chi connectivity index (χ3v) is 2.70. The van der Waals surface area contributed by atoms with Crippen LogP contribution >= 0.6 is 11.6 Å². The van der Waals surface area contributed by atoms with Crippen molar-refractivity contribution < 1.29 is 9.53 Å². The number of halogens is 1. The van der Waals surface area contributed by atoms with Crippen molar-refractivity contribution >= 4 is 17.5 Å². The summed E-state index contributed by atoms with van der Waals surface area (Å²) < 4.78 is 5.46. The molecule has 5 heteroatoms. The van der Waals surface area contributed by atoms with Gasteiger partial charge in [-0.05, 0) is 25.5 Å². The van der Waals surface area contributed by atoms with E-state index >= 15 is 0 Å². The highest BCUT2D eigenvalue weighted by atomic mass is 35.5. The minimum absolute atomic E-state index is 0.0440. The molecule has 0 aliphatic rings. The molecule has 1 aromatic carbocycles. The summed E-state index contributed by atoms with van der Waals surface area (Å²) in [5, 5.41) is 3.10. The predicted octanol–water partition coefficient (Wildman–Crippen LogP) is 1.36. The molecule has 0 radical (unpaired) electrons. The molecular weight excluding hydrogens is 264 g/mol. The first-order chi connectivity index (χ1) is 9.04. The molecule has 1 unspecified atom stereocenters. The summed E-state index contributed by atoms with van der Waals surface area (Å²) in [4.78, 5) is 11.4. The van der Waals surface area contributed by atoms with Gasteiger partial charge in [0, 0.05) is 16.6 Å². The Hall–Kier alpha value is -1.70. The minimum atomic E-state index is -0.273. The van der Waals surface area contributed by atoms with Gasteiger partial charge in [0.2, 0.25) is 0 Å². The van der Waals surface area contributed by atoms with E-state index in [0.29, 0.717) is 17.2 Å². The lowest BCUT2D eigenvalue weighted by Crippen LogP contribution is -2.29. The van der Waals surface area contributed by atoms with Crippen LogP contribution in [0.3, 0.4) is 0 Å². The van der Waals surface area contributed by atoms with Gasteiger partial charge in [-0.2, -0.15) is 0 Å². The second-order valence-corrected chi connectivity index (χ2v) is 4.57. The Labute approximate surface area is 118 Å². The molecule has 4 nitrogen and oxygen atoms in total. The van der Waals surface area contributed by atoms with Crippen molar-refractivity contribution in [2.24, 2.45) is 5.73 Å². The van der Waals surface area contributed by atoms with E-state index in [2.05, 4.69) is 11.2 Å².